The number of anilines is 1. The molecule has 0 aliphatic heterocycles. The topological polar surface area (TPSA) is 70.7 Å². The van der Waals surface area contributed by atoms with Crippen molar-refractivity contribution >= 4 is 34.7 Å². The van der Waals surface area contributed by atoms with Crippen LogP contribution in [0.4, 0.5) is 5.95 Å². The molecule has 0 saturated heterocycles. The van der Waals surface area contributed by atoms with Gasteiger partial charge in [0.25, 0.3) is 5.91 Å². The van der Waals surface area contributed by atoms with Gasteiger partial charge in [-0.3, -0.25) is 10.1 Å². The molecule has 2 aromatic heterocycles. The first-order chi connectivity index (χ1) is 11.8. The maximum atomic E-state index is 12.7. The number of carbonyl (C=O) groups excluding carboxylic acids is 1. The first-order valence-corrected chi connectivity index (χ1v) is 9.05. The van der Waals surface area contributed by atoms with Crippen molar-refractivity contribution in [2.75, 3.05) is 5.32 Å². The highest BCUT2D eigenvalue weighted by atomic mass is 32.2. The lowest BCUT2D eigenvalue weighted by molar-refractivity contribution is 0.102. The van der Waals surface area contributed by atoms with Crippen LogP contribution in [-0.2, 0) is 0 Å². The molecule has 3 aromatic rings. The Hall–Kier alpha value is -2.34. The Balaban J connectivity index is 1.55. The summed E-state index contributed by atoms with van der Waals surface area (Å²) in [6, 6.07) is 11.3. The van der Waals surface area contributed by atoms with Gasteiger partial charge < -0.3 is 4.98 Å². The highest BCUT2D eigenvalue weighted by molar-refractivity contribution is 7.99. The van der Waals surface area contributed by atoms with Gasteiger partial charge in [-0.1, -0.05) is 25.0 Å². The van der Waals surface area contributed by atoms with Crippen LogP contribution in [0.2, 0.25) is 0 Å². The van der Waals surface area contributed by atoms with Gasteiger partial charge in [-0.25, -0.2) is 9.97 Å². The minimum atomic E-state index is -0.178. The Bertz CT molecular complexity index is 837. The number of benzene rings is 1. The van der Waals surface area contributed by atoms with Crippen LogP contribution < -0.4 is 5.32 Å². The van der Waals surface area contributed by atoms with Crippen LogP contribution in [0.15, 0.2) is 47.6 Å². The predicted octanol–water partition coefficient (Wildman–Crippen LogP) is 4.24. The molecule has 2 heterocycles. The number of H-pyrrole nitrogens is 1. The van der Waals surface area contributed by atoms with Crippen molar-refractivity contribution in [2.24, 2.45) is 0 Å². The fourth-order valence-corrected chi connectivity index (χ4v) is 4.30. The normalized spacial score (nSPS) is 15.0. The van der Waals surface area contributed by atoms with Crippen molar-refractivity contribution in [3.8, 4) is 0 Å². The van der Waals surface area contributed by atoms with Crippen molar-refractivity contribution in [3.63, 3.8) is 0 Å². The van der Waals surface area contributed by atoms with Crippen LogP contribution >= 0.6 is 11.8 Å². The number of para-hydroxylation sites is 2. The molecular weight excluding hydrogens is 320 g/mol. The van der Waals surface area contributed by atoms with E-state index in [1.54, 1.807) is 24.0 Å². The van der Waals surface area contributed by atoms with Gasteiger partial charge in [0.1, 0.15) is 5.03 Å². The summed E-state index contributed by atoms with van der Waals surface area (Å²) in [5, 5.41) is 4.22. The molecular formula is C18H18N4OS. The van der Waals surface area contributed by atoms with Crippen LogP contribution in [0, 0.1) is 0 Å². The molecule has 0 atom stereocenters. The minimum absolute atomic E-state index is 0.178. The Morgan fingerprint density at radius 2 is 2.00 bits per heavy atom. The number of hydrogen-bond donors (Lipinski definition) is 2. The number of rotatable bonds is 4. The van der Waals surface area contributed by atoms with Gasteiger partial charge in [-0.15, -0.1) is 11.8 Å². The number of aromatic amines is 1. The van der Waals surface area contributed by atoms with Gasteiger partial charge in [-0.05, 0) is 37.1 Å². The molecule has 1 aromatic carbocycles. The summed E-state index contributed by atoms with van der Waals surface area (Å²) in [5.74, 6) is 0.282. The molecule has 0 radical (unpaired) electrons. The van der Waals surface area contributed by atoms with Crippen LogP contribution in [0.3, 0.4) is 0 Å². The number of fused-ring (bicyclic) bond motifs is 1. The zero-order valence-electron chi connectivity index (χ0n) is 13.2. The number of nitrogens with one attached hydrogen (secondary N) is 2. The Labute approximate surface area is 144 Å². The molecule has 24 heavy (non-hydrogen) atoms. The summed E-state index contributed by atoms with van der Waals surface area (Å²) >= 11 is 1.72. The highest BCUT2D eigenvalue weighted by Crippen LogP contribution is 2.35. The van der Waals surface area contributed by atoms with Crippen LogP contribution in [0.1, 0.15) is 36.0 Å². The largest absolute Gasteiger partial charge is 0.324 e. The molecule has 1 aliphatic rings. The van der Waals surface area contributed by atoms with Gasteiger partial charge in [0, 0.05) is 11.4 Å². The average Bonchev–Trinajstić information content (AvgIpc) is 3.24. The van der Waals surface area contributed by atoms with E-state index in [0.29, 0.717) is 16.8 Å². The molecule has 1 aliphatic carbocycles. The second kappa shape index (κ2) is 6.65. The molecule has 0 unspecified atom stereocenters. The monoisotopic (exact) mass is 338 g/mol. The Kier molecular flexibility index (Phi) is 4.21. The fraction of sp³-hybridized carbons (Fsp3) is 0.278. The van der Waals surface area contributed by atoms with Gasteiger partial charge in [0.05, 0.1) is 16.6 Å². The van der Waals surface area contributed by atoms with Gasteiger partial charge >= 0.3 is 0 Å². The van der Waals surface area contributed by atoms with E-state index in [2.05, 4.69) is 20.3 Å². The number of imidazole rings is 1. The molecule has 5 nitrogen and oxygen atoms in total. The van der Waals surface area contributed by atoms with E-state index in [1.165, 1.54) is 25.7 Å². The quantitative estimate of drug-likeness (QED) is 0.746. The number of aromatic nitrogens is 3. The smallest absolute Gasteiger partial charge is 0.260 e. The third kappa shape index (κ3) is 3.14. The van der Waals surface area contributed by atoms with Crippen LogP contribution in [0.5, 0.6) is 0 Å². The lowest BCUT2D eigenvalue weighted by atomic mass is 10.3. The van der Waals surface area contributed by atoms with Crippen molar-refractivity contribution < 1.29 is 4.79 Å². The van der Waals surface area contributed by atoms with Crippen molar-refractivity contribution in [1.29, 1.82) is 0 Å². The van der Waals surface area contributed by atoms with E-state index < -0.39 is 0 Å². The molecule has 0 spiro atoms. The third-order valence-electron chi connectivity index (χ3n) is 4.22. The third-order valence-corrected chi connectivity index (χ3v) is 5.57. The molecule has 122 valence electrons. The number of amides is 1. The van der Waals surface area contributed by atoms with Gasteiger partial charge in [0.15, 0.2) is 0 Å². The predicted molar refractivity (Wildman–Crippen MR) is 96.4 cm³/mol. The lowest BCUT2D eigenvalue weighted by Gasteiger charge is -2.11. The summed E-state index contributed by atoms with van der Waals surface area (Å²) in [7, 11) is 0. The molecule has 1 amide bonds. The standard InChI is InChI=1S/C18H18N4OS/c23-16(22-18-20-14-9-3-4-10-15(14)21-18)13-8-5-11-19-17(13)24-12-6-1-2-7-12/h3-5,8-12H,1-2,6-7H2,(H2,20,21,22,23). The second-order valence-corrected chi connectivity index (χ2v) is 7.23. The van der Waals surface area contributed by atoms with Crippen LogP contribution in [0.25, 0.3) is 11.0 Å². The first-order valence-electron chi connectivity index (χ1n) is 8.17. The fourth-order valence-electron chi connectivity index (χ4n) is 3.01. The SMILES string of the molecule is O=C(Nc1nc2ccccc2[nH]1)c1cccnc1SC1CCCC1. The van der Waals surface area contributed by atoms with Crippen molar-refractivity contribution in [2.45, 2.75) is 36.0 Å². The van der Waals surface area contributed by atoms with Gasteiger partial charge in [-0.2, -0.15) is 0 Å². The molecule has 2 N–H and O–H groups in total. The number of hydrogen-bond acceptors (Lipinski definition) is 4. The Morgan fingerprint density at radius 1 is 1.17 bits per heavy atom. The molecule has 6 heteroatoms. The van der Waals surface area contributed by atoms with Crippen molar-refractivity contribution in [3.05, 3.63) is 48.2 Å². The summed E-state index contributed by atoms with van der Waals surface area (Å²) in [6.45, 7) is 0. The van der Waals surface area contributed by atoms with E-state index >= 15 is 0 Å². The van der Waals surface area contributed by atoms with Crippen LogP contribution in [-0.4, -0.2) is 26.1 Å². The maximum Gasteiger partial charge on any atom is 0.260 e. The molecule has 4 rings (SSSR count). The summed E-state index contributed by atoms with van der Waals surface area (Å²) in [5.41, 5.74) is 2.34. The van der Waals surface area contributed by atoms with Crippen molar-refractivity contribution in [1.82, 2.24) is 15.0 Å². The second-order valence-electron chi connectivity index (χ2n) is 5.94. The first kappa shape index (κ1) is 15.2. The average molecular weight is 338 g/mol. The molecule has 0 bridgehead atoms. The van der Waals surface area contributed by atoms with E-state index in [4.69, 9.17) is 0 Å². The number of thioether (sulfide) groups is 1. The number of carbonyl (C=O) groups is 1. The summed E-state index contributed by atoms with van der Waals surface area (Å²) in [4.78, 5) is 24.6. The van der Waals surface area contributed by atoms with E-state index in [0.717, 1.165) is 16.1 Å². The van der Waals surface area contributed by atoms with E-state index in [9.17, 15) is 4.79 Å². The highest BCUT2D eigenvalue weighted by Gasteiger charge is 2.21. The zero-order chi connectivity index (χ0) is 16.4. The molecule has 1 fully saturated rings. The maximum absolute atomic E-state index is 12.7. The van der Waals surface area contributed by atoms with Gasteiger partial charge in [0.2, 0.25) is 5.95 Å². The van der Waals surface area contributed by atoms with E-state index in [-0.39, 0.29) is 5.91 Å². The minimum Gasteiger partial charge on any atom is -0.324 e. The number of pyridine rings is 1. The summed E-state index contributed by atoms with van der Waals surface area (Å²) in [6.07, 6.45) is 6.68. The number of nitrogens with zero attached hydrogens (tertiary/aromatic N) is 2. The zero-order valence-corrected chi connectivity index (χ0v) is 14.0. The van der Waals surface area contributed by atoms with E-state index in [1.807, 2.05) is 30.3 Å². The molecule has 1 saturated carbocycles. The Morgan fingerprint density at radius 3 is 2.83 bits per heavy atom. The lowest BCUT2D eigenvalue weighted by Crippen LogP contribution is -2.15. The summed E-state index contributed by atoms with van der Waals surface area (Å²) < 4.78 is 0.